The maximum Gasteiger partial charge on any atom is 0.103 e. The number of rotatable bonds is 5. The van der Waals surface area contributed by atoms with Gasteiger partial charge in [-0.3, -0.25) is 9.88 Å². The largest absolute Gasteiger partial charge is 0.375 e. The van der Waals surface area contributed by atoms with Crippen molar-refractivity contribution in [2.75, 3.05) is 19.6 Å². The lowest BCUT2D eigenvalue weighted by Crippen LogP contribution is -2.38. The third-order valence-electron chi connectivity index (χ3n) is 3.14. The first-order valence-electron chi connectivity index (χ1n) is 6.36. The number of hydrogen-bond donors (Lipinski definition) is 1. The minimum atomic E-state index is 0.101. The maximum atomic E-state index is 5.52. The Morgan fingerprint density at radius 3 is 2.89 bits per heavy atom. The third-order valence-corrected chi connectivity index (χ3v) is 3.51. The molecule has 0 radical (unpaired) electrons. The van der Waals surface area contributed by atoms with E-state index in [4.69, 9.17) is 12.2 Å². The van der Waals surface area contributed by atoms with Gasteiger partial charge in [0.25, 0.3) is 0 Å². The molecule has 0 aromatic carbocycles. The Hall–Kier alpha value is -1.26. The van der Waals surface area contributed by atoms with Crippen molar-refractivity contribution in [2.24, 2.45) is 0 Å². The van der Waals surface area contributed by atoms with Crippen molar-refractivity contribution in [1.29, 1.82) is 0 Å². The maximum absolute atomic E-state index is 5.52. The molecule has 0 amide bonds. The Labute approximate surface area is 114 Å². The van der Waals surface area contributed by atoms with Crippen molar-refractivity contribution in [3.05, 3.63) is 42.7 Å². The molecule has 18 heavy (non-hydrogen) atoms. The summed E-state index contributed by atoms with van der Waals surface area (Å²) in [5, 5.41) is 3.24. The summed E-state index contributed by atoms with van der Waals surface area (Å²) in [6.07, 6.45) is 6.14. The molecule has 0 spiro atoms. The van der Waals surface area contributed by atoms with Crippen molar-refractivity contribution in [2.45, 2.75) is 18.9 Å². The molecule has 1 aliphatic heterocycles. The standard InChI is InChI=1S/C14H19N3S/c1-2-8-16-14(18)13(17-10-5-6-11-17)12-7-3-4-9-15-12/h2-4,7,9,13H,1,5-6,8,10-11H2,(H,16,18). The van der Waals surface area contributed by atoms with Gasteiger partial charge in [-0.2, -0.15) is 0 Å². The second kappa shape index (κ2) is 6.61. The van der Waals surface area contributed by atoms with Gasteiger partial charge >= 0.3 is 0 Å². The summed E-state index contributed by atoms with van der Waals surface area (Å²) in [7, 11) is 0. The lowest BCUT2D eigenvalue weighted by atomic mass is 10.1. The molecule has 1 atom stereocenters. The fourth-order valence-electron chi connectivity index (χ4n) is 2.29. The summed E-state index contributed by atoms with van der Waals surface area (Å²) in [5.41, 5.74) is 1.03. The van der Waals surface area contributed by atoms with Crippen molar-refractivity contribution < 1.29 is 0 Å². The summed E-state index contributed by atoms with van der Waals surface area (Å²) >= 11 is 5.52. The highest BCUT2D eigenvalue weighted by Gasteiger charge is 2.27. The van der Waals surface area contributed by atoms with Crippen molar-refractivity contribution in [3.8, 4) is 0 Å². The minimum absolute atomic E-state index is 0.101. The molecule has 4 heteroatoms. The van der Waals surface area contributed by atoms with Crippen molar-refractivity contribution in [1.82, 2.24) is 15.2 Å². The van der Waals surface area contributed by atoms with Gasteiger partial charge in [-0.15, -0.1) is 6.58 Å². The van der Waals surface area contributed by atoms with E-state index in [-0.39, 0.29) is 6.04 Å². The smallest absolute Gasteiger partial charge is 0.103 e. The van der Waals surface area contributed by atoms with Crippen LogP contribution in [0.25, 0.3) is 0 Å². The van der Waals surface area contributed by atoms with Crippen LogP contribution in [0.4, 0.5) is 0 Å². The Kier molecular flexibility index (Phi) is 4.84. The van der Waals surface area contributed by atoms with Gasteiger partial charge in [-0.05, 0) is 38.1 Å². The molecule has 1 fully saturated rings. The van der Waals surface area contributed by atoms with Crippen LogP contribution >= 0.6 is 12.2 Å². The SMILES string of the molecule is C=CCNC(=S)C(c1ccccn1)N1CCCC1. The zero-order valence-corrected chi connectivity index (χ0v) is 11.3. The molecular weight excluding hydrogens is 242 g/mol. The van der Waals surface area contributed by atoms with Crippen molar-refractivity contribution in [3.63, 3.8) is 0 Å². The summed E-state index contributed by atoms with van der Waals surface area (Å²) in [5.74, 6) is 0. The van der Waals surface area contributed by atoms with Gasteiger partial charge in [0.15, 0.2) is 0 Å². The first-order valence-corrected chi connectivity index (χ1v) is 6.77. The molecule has 1 aromatic rings. The van der Waals surface area contributed by atoms with Crippen LogP contribution in [0.5, 0.6) is 0 Å². The van der Waals surface area contributed by atoms with Crippen LogP contribution in [-0.2, 0) is 0 Å². The second-order valence-electron chi connectivity index (χ2n) is 4.43. The lowest BCUT2D eigenvalue weighted by Gasteiger charge is -2.28. The summed E-state index contributed by atoms with van der Waals surface area (Å²) in [6, 6.07) is 6.10. The topological polar surface area (TPSA) is 28.2 Å². The quantitative estimate of drug-likeness (QED) is 0.650. The van der Waals surface area contributed by atoms with E-state index in [9.17, 15) is 0 Å². The Morgan fingerprint density at radius 2 is 2.28 bits per heavy atom. The molecule has 1 saturated heterocycles. The van der Waals surface area contributed by atoms with Gasteiger partial charge < -0.3 is 5.32 Å². The normalized spacial score (nSPS) is 17.3. The van der Waals surface area contributed by atoms with Gasteiger partial charge in [-0.1, -0.05) is 24.4 Å². The molecule has 0 aliphatic carbocycles. The summed E-state index contributed by atoms with van der Waals surface area (Å²) in [6.45, 7) is 6.60. The molecule has 1 unspecified atom stereocenters. The van der Waals surface area contributed by atoms with Crippen LogP contribution in [0, 0.1) is 0 Å². The van der Waals surface area contributed by atoms with E-state index < -0.39 is 0 Å². The Morgan fingerprint density at radius 1 is 1.50 bits per heavy atom. The van der Waals surface area contributed by atoms with E-state index in [1.54, 1.807) is 0 Å². The highest BCUT2D eigenvalue weighted by molar-refractivity contribution is 7.80. The van der Waals surface area contributed by atoms with E-state index in [0.29, 0.717) is 6.54 Å². The molecule has 96 valence electrons. The number of aromatic nitrogens is 1. The molecule has 1 N–H and O–H groups in total. The van der Waals surface area contributed by atoms with Gasteiger partial charge in [-0.25, -0.2) is 0 Å². The molecule has 0 bridgehead atoms. The highest BCUT2D eigenvalue weighted by Crippen LogP contribution is 2.24. The summed E-state index contributed by atoms with van der Waals surface area (Å²) in [4.78, 5) is 7.70. The molecule has 2 rings (SSSR count). The first-order chi connectivity index (χ1) is 8.83. The highest BCUT2D eigenvalue weighted by atomic mass is 32.1. The monoisotopic (exact) mass is 261 g/mol. The number of nitrogens with one attached hydrogen (secondary N) is 1. The number of hydrogen-bond acceptors (Lipinski definition) is 3. The van der Waals surface area contributed by atoms with Gasteiger partial charge in [0.1, 0.15) is 6.04 Å². The molecule has 0 saturated carbocycles. The average molecular weight is 261 g/mol. The van der Waals surface area contributed by atoms with E-state index >= 15 is 0 Å². The van der Waals surface area contributed by atoms with Gasteiger partial charge in [0.05, 0.1) is 10.7 Å². The predicted molar refractivity (Wildman–Crippen MR) is 78.6 cm³/mol. The predicted octanol–water partition coefficient (Wildman–Crippen LogP) is 2.32. The fraction of sp³-hybridized carbons (Fsp3) is 0.429. The molecule has 3 nitrogen and oxygen atoms in total. The zero-order valence-electron chi connectivity index (χ0n) is 10.5. The van der Waals surface area contributed by atoms with Crippen LogP contribution in [0.1, 0.15) is 24.6 Å². The average Bonchev–Trinajstić information content (AvgIpc) is 2.92. The third kappa shape index (κ3) is 3.15. The minimum Gasteiger partial charge on any atom is -0.375 e. The fourth-order valence-corrected chi connectivity index (χ4v) is 2.65. The summed E-state index contributed by atoms with van der Waals surface area (Å²) < 4.78 is 0. The zero-order chi connectivity index (χ0) is 12.8. The van der Waals surface area contributed by atoms with Crippen LogP contribution in [0.2, 0.25) is 0 Å². The number of nitrogens with zero attached hydrogens (tertiary/aromatic N) is 2. The van der Waals surface area contributed by atoms with Crippen LogP contribution < -0.4 is 5.32 Å². The number of pyridine rings is 1. The Balaban J connectivity index is 2.17. The van der Waals surface area contributed by atoms with Gasteiger partial charge in [0, 0.05) is 12.7 Å². The van der Waals surface area contributed by atoms with E-state index in [0.717, 1.165) is 23.8 Å². The molecule has 2 heterocycles. The van der Waals surface area contributed by atoms with Crippen LogP contribution in [-0.4, -0.2) is 34.5 Å². The number of likely N-dealkylation sites (tertiary alicyclic amines) is 1. The molecule has 1 aliphatic rings. The molecular formula is C14H19N3S. The number of thiocarbonyl (C=S) groups is 1. The van der Waals surface area contributed by atoms with Crippen LogP contribution in [0.15, 0.2) is 37.1 Å². The van der Waals surface area contributed by atoms with Gasteiger partial charge in [0.2, 0.25) is 0 Å². The van der Waals surface area contributed by atoms with Crippen LogP contribution in [0.3, 0.4) is 0 Å². The molecule has 1 aromatic heterocycles. The van der Waals surface area contributed by atoms with E-state index in [1.807, 2.05) is 30.5 Å². The second-order valence-corrected chi connectivity index (χ2v) is 4.87. The van der Waals surface area contributed by atoms with Crippen molar-refractivity contribution >= 4 is 17.2 Å². The lowest BCUT2D eigenvalue weighted by molar-refractivity contribution is 0.298. The Bertz CT molecular complexity index is 399. The van der Waals surface area contributed by atoms with E-state index in [1.165, 1.54) is 12.8 Å². The first kappa shape index (κ1) is 13.2. The van der Waals surface area contributed by atoms with E-state index in [2.05, 4.69) is 21.8 Å².